The smallest absolute Gasteiger partial charge is 0.419 e. The topological polar surface area (TPSA) is 44.1 Å². The zero-order valence-electron chi connectivity index (χ0n) is 13.5. The number of hydrogen-bond acceptors (Lipinski definition) is 3. The molecule has 1 aliphatic rings. The van der Waals surface area contributed by atoms with Crippen molar-refractivity contribution in [2.24, 2.45) is 0 Å². The van der Waals surface area contributed by atoms with Gasteiger partial charge in [0.15, 0.2) is 0 Å². The first-order valence-corrected chi connectivity index (χ1v) is 8.00. The van der Waals surface area contributed by atoms with Crippen molar-refractivity contribution >= 4 is 29.8 Å². The third-order valence-corrected chi connectivity index (χ3v) is 3.74. The number of aromatic nitrogens is 2. The molecule has 120 valence electrons. The normalized spacial score (nSPS) is 13.7. The third-order valence-electron chi connectivity index (χ3n) is 3.54. The maximum atomic E-state index is 12.7. The van der Waals surface area contributed by atoms with Crippen LogP contribution < -0.4 is 10.6 Å². The van der Waals surface area contributed by atoms with Crippen molar-refractivity contribution < 1.29 is 9.53 Å². The van der Waals surface area contributed by atoms with E-state index in [-0.39, 0.29) is 6.09 Å². The molecule has 2 aromatic heterocycles. The molecular formula is C18H19ClN2O2. The summed E-state index contributed by atoms with van der Waals surface area (Å²) in [5.41, 5.74) is 1.05. The van der Waals surface area contributed by atoms with Crippen LogP contribution >= 0.6 is 11.6 Å². The molecule has 4 nitrogen and oxygen atoms in total. The van der Waals surface area contributed by atoms with Gasteiger partial charge in [0.2, 0.25) is 0 Å². The molecule has 2 aromatic rings. The Morgan fingerprint density at radius 2 is 2.00 bits per heavy atom. The van der Waals surface area contributed by atoms with Gasteiger partial charge < -0.3 is 4.74 Å². The molecule has 0 unspecified atom stereocenters. The highest BCUT2D eigenvalue weighted by atomic mass is 35.5. The summed E-state index contributed by atoms with van der Waals surface area (Å²) in [6.07, 6.45) is 7.36. The molecule has 0 spiro atoms. The van der Waals surface area contributed by atoms with E-state index in [4.69, 9.17) is 16.3 Å². The van der Waals surface area contributed by atoms with E-state index >= 15 is 0 Å². The highest BCUT2D eigenvalue weighted by molar-refractivity contribution is 6.29. The average molecular weight is 331 g/mol. The van der Waals surface area contributed by atoms with Crippen molar-refractivity contribution in [1.82, 2.24) is 9.55 Å². The van der Waals surface area contributed by atoms with Crippen molar-refractivity contribution in [2.45, 2.75) is 39.2 Å². The van der Waals surface area contributed by atoms with Crippen LogP contribution in [-0.4, -0.2) is 21.2 Å². The van der Waals surface area contributed by atoms with Gasteiger partial charge in [-0.25, -0.2) is 14.3 Å². The maximum absolute atomic E-state index is 12.7. The minimum atomic E-state index is -0.556. The summed E-state index contributed by atoms with van der Waals surface area (Å²) in [5, 5.41) is 2.32. The predicted octanol–water partition coefficient (Wildman–Crippen LogP) is 3.34. The number of fused-ring (bicyclic) bond motifs is 1. The Morgan fingerprint density at radius 1 is 1.26 bits per heavy atom. The molecular weight excluding hydrogens is 312 g/mol. The van der Waals surface area contributed by atoms with Crippen molar-refractivity contribution in [2.75, 3.05) is 0 Å². The fourth-order valence-electron chi connectivity index (χ4n) is 2.65. The second-order valence-electron chi connectivity index (χ2n) is 6.54. The summed E-state index contributed by atoms with van der Waals surface area (Å²) in [5.74, 6) is 0. The molecule has 0 atom stereocenters. The molecule has 0 saturated carbocycles. The van der Waals surface area contributed by atoms with Gasteiger partial charge in [-0.2, -0.15) is 0 Å². The lowest BCUT2D eigenvalue weighted by molar-refractivity contribution is 0.0535. The molecule has 0 amide bonds. The Labute approximate surface area is 140 Å². The minimum absolute atomic E-state index is 0.381. The molecule has 23 heavy (non-hydrogen) atoms. The molecule has 3 rings (SSSR count). The van der Waals surface area contributed by atoms with Crippen LogP contribution in [0, 0.1) is 0 Å². The number of halogens is 1. The first-order chi connectivity index (χ1) is 10.8. The van der Waals surface area contributed by atoms with Gasteiger partial charge in [-0.15, -0.1) is 0 Å². The molecule has 2 heterocycles. The Morgan fingerprint density at radius 3 is 2.70 bits per heavy atom. The molecule has 0 radical (unpaired) electrons. The van der Waals surface area contributed by atoms with Crippen molar-refractivity contribution in [3.05, 3.63) is 40.1 Å². The molecule has 0 saturated heterocycles. The lowest BCUT2D eigenvalue weighted by Gasteiger charge is -2.21. The standard InChI is InChI=1S/C18H19ClN2O2/c1-18(2,3)23-17(22)21-14-7-5-4-6-12(14)10-15(21)13-8-9-20-16(19)11-13/h6-11H,4-5H2,1-3H3. The number of carbonyl (C=O) groups is 1. The predicted molar refractivity (Wildman–Crippen MR) is 91.7 cm³/mol. The van der Waals surface area contributed by atoms with Crippen LogP contribution in [0.5, 0.6) is 0 Å². The highest BCUT2D eigenvalue weighted by Gasteiger charge is 2.22. The lowest BCUT2D eigenvalue weighted by Crippen LogP contribution is -2.37. The van der Waals surface area contributed by atoms with Gasteiger partial charge in [0.1, 0.15) is 10.8 Å². The Bertz CT molecular complexity index is 875. The van der Waals surface area contributed by atoms with Crippen LogP contribution in [0.3, 0.4) is 0 Å². The van der Waals surface area contributed by atoms with Gasteiger partial charge in [0.25, 0.3) is 0 Å². The van der Waals surface area contributed by atoms with Crippen LogP contribution in [0.4, 0.5) is 4.79 Å². The van der Waals surface area contributed by atoms with Crippen LogP contribution in [0.1, 0.15) is 33.6 Å². The molecule has 0 fully saturated rings. The van der Waals surface area contributed by atoms with Crippen molar-refractivity contribution in [3.8, 4) is 11.3 Å². The number of ether oxygens (including phenoxy) is 1. The van der Waals surface area contributed by atoms with Gasteiger partial charge in [-0.3, -0.25) is 0 Å². The van der Waals surface area contributed by atoms with Crippen LogP contribution in [0.15, 0.2) is 24.4 Å². The fourth-order valence-corrected chi connectivity index (χ4v) is 2.83. The number of pyridine rings is 1. The number of carbonyl (C=O) groups excluding carboxylic acids is 1. The van der Waals surface area contributed by atoms with Crippen LogP contribution in [-0.2, 0) is 4.74 Å². The van der Waals surface area contributed by atoms with Crippen molar-refractivity contribution in [1.29, 1.82) is 0 Å². The fraction of sp³-hybridized carbons (Fsp3) is 0.333. The Kier molecular flexibility index (Phi) is 4.02. The van der Waals surface area contributed by atoms with Crippen LogP contribution in [0.2, 0.25) is 5.15 Å². The Hall–Kier alpha value is -2.07. The van der Waals surface area contributed by atoms with Gasteiger partial charge in [0, 0.05) is 11.8 Å². The summed E-state index contributed by atoms with van der Waals surface area (Å²) in [7, 11) is 0. The number of rotatable bonds is 1. The zero-order valence-corrected chi connectivity index (χ0v) is 14.2. The summed E-state index contributed by atoms with van der Waals surface area (Å²) in [6.45, 7) is 5.58. The number of hydrogen-bond donors (Lipinski definition) is 0. The SMILES string of the molecule is CC(C)(C)OC(=O)n1c(-c2ccnc(Cl)c2)cc2c1=CCCC=2. The second kappa shape index (κ2) is 5.85. The molecule has 0 aromatic carbocycles. The van der Waals surface area contributed by atoms with E-state index in [1.165, 1.54) is 0 Å². The van der Waals surface area contributed by atoms with E-state index in [0.717, 1.165) is 34.7 Å². The van der Waals surface area contributed by atoms with Gasteiger partial charge in [-0.05, 0) is 57.0 Å². The number of nitrogens with zero attached hydrogens (tertiary/aromatic N) is 2. The third kappa shape index (κ3) is 3.32. The lowest BCUT2D eigenvalue weighted by atomic mass is 10.1. The van der Waals surface area contributed by atoms with Gasteiger partial charge >= 0.3 is 6.09 Å². The first-order valence-electron chi connectivity index (χ1n) is 7.62. The second-order valence-corrected chi connectivity index (χ2v) is 6.93. The zero-order chi connectivity index (χ0) is 16.6. The monoisotopic (exact) mass is 330 g/mol. The summed E-state index contributed by atoms with van der Waals surface area (Å²) in [4.78, 5) is 16.7. The Balaban J connectivity index is 2.21. The largest absolute Gasteiger partial charge is 0.443 e. The average Bonchev–Trinajstić information content (AvgIpc) is 2.85. The van der Waals surface area contributed by atoms with E-state index in [1.54, 1.807) is 16.8 Å². The summed E-state index contributed by atoms with van der Waals surface area (Å²) in [6, 6.07) is 5.59. The molecule has 0 aliphatic heterocycles. The summed E-state index contributed by atoms with van der Waals surface area (Å²) >= 11 is 6.01. The van der Waals surface area contributed by atoms with E-state index < -0.39 is 5.60 Å². The first kappa shape index (κ1) is 15.8. The van der Waals surface area contributed by atoms with Crippen molar-refractivity contribution in [3.63, 3.8) is 0 Å². The minimum Gasteiger partial charge on any atom is -0.443 e. The quantitative estimate of drug-likeness (QED) is 0.753. The van der Waals surface area contributed by atoms with E-state index in [9.17, 15) is 4.79 Å². The van der Waals surface area contributed by atoms with E-state index in [1.807, 2.05) is 32.9 Å². The van der Waals surface area contributed by atoms with E-state index in [2.05, 4.69) is 17.1 Å². The molecule has 0 N–H and O–H groups in total. The van der Waals surface area contributed by atoms with Gasteiger partial charge in [0.05, 0.1) is 11.0 Å². The highest BCUT2D eigenvalue weighted by Crippen LogP contribution is 2.21. The van der Waals surface area contributed by atoms with Crippen LogP contribution in [0.25, 0.3) is 23.4 Å². The molecule has 1 aliphatic carbocycles. The van der Waals surface area contributed by atoms with E-state index in [0.29, 0.717) is 5.15 Å². The summed E-state index contributed by atoms with van der Waals surface area (Å²) < 4.78 is 7.21. The van der Waals surface area contributed by atoms with Gasteiger partial charge in [-0.1, -0.05) is 23.8 Å². The molecule has 5 heteroatoms. The maximum Gasteiger partial charge on any atom is 0.419 e. The molecule has 0 bridgehead atoms.